The zero-order chi connectivity index (χ0) is 18.5. The van der Waals surface area contributed by atoms with E-state index in [0.717, 1.165) is 11.1 Å². The number of esters is 1. The molecule has 26 heavy (non-hydrogen) atoms. The van der Waals surface area contributed by atoms with E-state index in [0.29, 0.717) is 35.1 Å². The SMILES string of the molecule is CCOC(=O)CCc1noc2cc(OC(C)c3ccccn3)c(Cl)cc12. The van der Waals surface area contributed by atoms with Crippen LogP contribution in [0.25, 0.3) is 11.0 Å². The predicted octanol–water partition coefficient (Wildman–Crippen LogP) is 4.51. The number of hydrogen-bond acceptors (Lipinski definition) is 6. The third kappa shape index (κ3) is 4.14. The molecule has 7 heteroatoms. The summed E-state index contributed by atoms with van der Waals surface area (Å²) in [6, 6.07) is 9.09. The molecule has 0 spiro atoms. The Hall–Kier alpha value is -2.60. The highest BCUT2D eigenvalue weighted by Crippen LogP contribution is 2.34. The molecule has 1 atom stereocenters. The molecule has 0 aliphatic heterocycles. The van der Waals surface area contributed by atoms with Crippen molar-refractivity contribution < 1.29 is 18.8 Å². The Labute approximate surface area is 156 Å². The minimum atomic E-state index is -0.266. The van der Waals surface area contributed by atoms with Crippen LogP contribution in [-0.2, 0) is 16.0 Å². The standard InChI is InChI=1S/C19H19ClN2O4/c1-3-24-19(23)8-7-16-13-10-14(20)18(11-17(13)26-22-16)25-12(2)15-6-4-5-9-21-15/h4-6,9-12H,3,7-8H2,1-2H3. The summed E-state index contributed by atoms with van der Waals surface area (Å²) in [7, 11) is 0. The second-order valence-corrected chi connectivity index (χ2v) is 6.13. The van der Waals surface area contributed by atoms with Gasteiger partial charge in [-0.2, -0.15) is 0 Å². The number of aryl methyl sites for hydroxylation is 1. The number of nitrogens with zero attached hydrogens (tertiary/aromatic N) is 2. The average Bonchev–Trinajstić information content (AvgIpc) is 3.03. The fourth-order valence-corrected chi connectivity index (χ4v) is 2.79. The lowest BCUT2D eigenvalue weighted by atomic mass is 10.1. The number of aromatic nitrogens is 2. The number of ether oxygens (including phenoxy) is 2. The number of fused-ring (bicyclic) bond motifs is 1. The van der Waals surface area contributed by atoms with Crippen LogP contribution < -0.4 is 4.74 Å². The maximum Gasteiger partial charge on any atom is 0.306 e. The van der Waals surface area contributed by atoms with Crippen molar-refractivity contribution in [3.05, 3.63) is 52.9 Å². The van der Waals surface area contributed by atoms with Crippen molar-refractivity contribution in [1.82, 2.24) is 10.1 Å². The van der Waals surface area contributed by atoms with E-state index in [9.17, 15) is 4.79 Å². The van der Waals surface area contributed by atoms with Crippen LogP contribution in [0, 0.1) is 0 Å². The molecule has 0 saturated carbocycles. The minimum absolute atomic E-state index is 0.238. The van der Waals surface area contributed by atoms with Crippen molar-refractivity contribution >= 4 is 28.5 Å². The fourth-order valence-electron chi connectivity index (χ4n) is 2.58. The zero-order valence-corrected chi connectivity index (χ0v) is 15.3. The summed E-state index contributed by atoms with van der Waals surface area (Å²) < 4.78 is 16.2. The number of rotatable bonds is 7. The van der Waals surface area contributed by atoms with Gasteiger partial charge in [0, 0.05) is 24.1 Å². The molecular weight excluding hydrogens is 356 g/mol. The van der Waals surface area contributed by atoms with Crippen molar-refractivity contribution in [3.8, 4) is 5.75 Å². The highest BCUT2D eigenvalue weighted by atomic mass is 35.5. The van der Waals surface area contributed by atoms with E-state index in [1.807, 2.05) is 25.1 Å². The number of carbonyl (C=O) groups is 1. The molecule has 0 amide bonds. The third-order valence-corrected chi connectivity index (χ3v) is 4.17. The van der Waals surface area contributed by atoms with Crippen molar-refractivity contribution in [3.63, 3.8) is 0 Å². The van der Waals surface area contributed by atoms with Gasteiger partial charge in [-0.05, 0) is 32.0 Å². The van der Waals surface area contributed by atoms with Gasteiger partial charge in [0.1, 0.15) is 11.9 Å². The smallest absolute Gasteiger partial charge is 0.306 e. The molecule has 6 nitrogen and oxygen atoms in total. The number of halogens is 1. The fraction of sp³-hybridized carbons (Fsp3) is 0.316. The molecule has 3 aromatic rings. The summed E-state index contributed by atoms with van der Waals surface area (Å²) >= 11 is 6.37. The van der Waals surface area contributed by atoms with Crippen molar-refractivity contribution in [2.45, 2.75) is 32.8 Å². The van der Waals surface area contributed by atoms with Gasteiger partial charge in [-0.15, -0.1) is 0 Å². The third-order valence-electron chi connectivity index (χ3n) is 3.88. The first-order valence-electron chi connectivity index (χ1n) is 8.39. The molecule has 0 fully saturated rings. The molecular formula is C19H19ClN2O4. The largest absolute Gasteiger partial charge is 0.483 e. The lowest BCUT2D eigenvalue weighted by Gasteiger charge is -2.15. The summed E-state index contributed by atoms with van der Waals surface area (Å²) in [6.07, 6.45) is 2.11. The molecule has 0 aliphatic rings. The van der Waals surface area contributed by atoms with Gasteiger partial charge in [-0.1, -0.05) is 22.8 Å². The van der Waals surface area contributed by atoms with Crippen LogP contribution in [0.15, 0.2) is 41.1 Å². The van der Waals surface area contributed by atoms with Crippen LogP contribution in [0.4, 0.5) is 0 Å². The van der Waals surface area contributed by atoms with E-state index >= 15 is 0 Å². The predicted molar refractivity (Wildman–Crippen MR) is 97.3 cm³/mol. The number of hydrogen-bond donors (Lipinski definition) is 0. The zero-order valence-electron chi connectivity index (χ0n) is 14.6. The number of benzene rings is 1. The molecule has 0 N–H and O–H groups in total. The van der Waals surface area contributed by atoms with Gasteiger partial charge in [-0.3, -0.25) is 9.78 Å². The average molecular weight is 375 g/mol. The van der Waals surface area contributed by atoms with Gasteiger partial charge >= 0.3 is 5.97 Å². The Bertz CT molecular complexity index is 895. The highest BCUT2D eigenvalue weighted by molar-refractivity contribution is 6.32. The molecule has 2 heterocycles. The molecule has 0 saturated heterocycles. The molecule has 0 bridgehead atoms. The number of carbonyl (C=O) groups excluding carboxylic acids is 1. The normalized spacial score (nSPS) is 12.1. The van der Waals surface area contributed by atoms with Crippen molar-refractivity contribution in [2.75, 3.05) is 6.61 Å². The second kappa shape index (κ2) is 8.19. The van der Waals surface area contributed by atoms with E-state index < -0.39 is 0 Å². The van der Waals surface area contributed by atoms with Crippen molar-refractivity contribution in [1.29, 1.82) is 0 Å². The van der Waals surface area contributed by atoms with Crippen LogP contribution in [0.2, 0.25) is 5.02 Å². The van der Waals surface area contributed by atoms with Crippen LogP contribution in [0.1, 0.15) is 37.8 Å². The quantitative estimate of drug-likeness (QED) is 0.566. The topological polar surface area (TPSA) is 74.5 Å². The van der Waals surface area contributed by atoms with Gasteiger partial charge in [0.25, 0.3) is 0 Å². The van der Waals surface area contributed by atoms with Crippen LogP contribution in [-0.4, -0.2) is 22.7 Å². The van der Waals surface area contributed by atoms with E-state index in [1.54, 1.807) is 25.3 Å². The number of pyridine rings is 1. The van der Waals surface area contributed by atoms with Crippen molar-refractivity contribution in [2.24, 2.45) is 0 Å². The first kappa shape index (κ1) is 18.2. The summed E-state index contributed by atoms with van der Waals surface area (Å²) in [6.45, 7) is 4.03. The first-order valence-corrected chi connectivity index (χ1v) is 8.77. The monoisotopic (exact) mass is 374 g/mol. The summed E-state index contributed by atoms with van der Waals surface area (Å²) in [5.74, 6) is 0.226. The lowest BCUT2D eigenvalue weighted by molar-refractivity contribution is -0.143. The first-order chi connectivity index (χ1) is 12.6. The van der Waals surface area contributed by atoms with Gasteiger partial charge < -0.3 is 14.0 Å². The summed E-state index contributed by atoms with van der Waals surface area (Å²) in [5, 5.41) is 5.24. The molecule has 2 aromatic heterocycles. The summed E-state index contributed by atoms with van der Waals surface area (Å²) in [5.41, 5.74) is 2.02. The molecule has 1 unspecified atom stereocenters. The maximum absolute atomic E-state index is 11.5. The Kier molecular flexibility index (Phi) is 5.73. The Morgan fingerprint density at radius 1 is 1.35 bits per heavy atom. The van der Waals surface area contributed by atoms with E-state index in [-0.39, 0.29) is 18.5 Å². The van der Waals surface area contributed by atoms with Crippen LogP contribution in [0.5, 0.6) is 5.75 Å². The molecule has 3 rings (SSSR count). The summed E-state index contributed by atoms with van der Waals surface area (Å²) in [4.78, 5) is 15.8. The van der Waals surface area contributed by atoms with E-state index in [4.69, 9.17) is 25.6 Å². The second-order valence-electron chi connectivity index (χ2n) is 5.73. The van der Waals surface area contributed by atoms with Crippen LogP contribution in [0.3, 0.4) is 0 Å². The maximum atomic E-state index is 11.5. The lowest BCUT2D eigenvalue weighted by Crippen LogP contribution is -2.05. The molecule has 136 valence electrons. The minimum Gasteiger partial charge on any atom is -0.483 e. The molecule has 0 radical (unpaired) electrons. The highest BCUT2D eigenvalue weighted by Gasteiger charge is 2.16. The van der Waals surface area contributed by atoms with Gasteiger partial charge in [0.2, 0.25) is 0 Å². The Balaban J connectivity index is 1.77. The van der Waals surface area contributed by atoms with Gasteiger partial charge in [0.15, 0.2) is 5.58 Å². The van der Waals surface area contributed by atoms with Gasteiger partial charge in [0.05, 0.1) is 29.4 Å². The Morgan fingerprint density at radius 2 is 2.19 bits per heavy atom. The van der Waals surface area contributed by atoms with Crippen LogP contribution >= 0.6 is 11.6 Å². The van der Waals surface area contributed by atoms with E-state index in [1.165, 1.54) is 0 Å². The molecule has 1 aromatic carbocycles. The molecule has 0 aliphatic carbocycles. The van der Waals surface area contributed by atoms with E-state index in [2.05, 4.69) is 10.1 Å². The van der Waals surface area contributed by atoms with Gasteiger partial charge in [-0.25, -0.2) is 0 Å². The Morgan fingerprint density at radius 3 is 2.92 bits per heavy atom.